The number of nitrogens with zero attached hydrogens (tertiary/aromatic N) is 2. The molecule has 0 spiro atoms. The zero-order valence-corrected chi connectivity index (χ0v) is 14.4. The van der Waals surface area contributed by atoms with E-state index >= 15 is 0 Å². The fourth-order valence-electron chi connectivity index (χ4n) is 2.57. The molecule has 2 amide bonds. The lowest BCUT2D eigenvalue weighted by Crippen LogP contribution is -2.47. The Morgan fingerprint density at radius 3 is 2.50 bits per heavy atom. The molecule has 2 unspecified atom stereocenters. The quantitative estimate of drug-likeness (QED) is 0.731. The van der Waals surface area contributed by atoms with Crippen LogP contribution in [0.2, 0.25) is 0 Å². The molecule has 2 rings (SSSR count). The van der Waals surface area contributed by atoms with Gasteiger partial charge in [-0.1, -0.05) is 30.3 Å². The van der Waals surface area contributed by atoms with Crippen LogP contribution in [0.4, 0.5) is 18.0 Å². The second-order valence-corrected chi connectivity index (χ2v) is 6.00. The number of nitrogens with one attached hydrogen (secondary N) is 2. The molecule has 1 aromatic heterocycles. The molecule has 0 radical (unpaired) electrons. The molecule has 0 aliphatic rings. The van der Waals surface area contributed by atoms with Crippen molar-refractivity contribution < 1.29 is 23.1 Å². The van der Waals surface area contributed by atoms with Crippen molar-refractivity contribution in [3.63, 3.8) is 0 Å². The second-order valence-electron chi connectivity index (χ2n) is 6.00. The van der Waals surface area contributed by atoms with Gasteiger partial charge >= 0.3 is 12.2 Å². The number of amides is 2. The van der Waals surface area contributed by atoms with Gasteiger partial charge in [0.2, 0.25) is 5.60 Å². The maximum atomic E-state index is 13.4. The molecule has 6 nitrogen and oxygen atoms in total. The van der Waals surface area contributed by atoms with Crippen molar-refractivity contribution in [1.82, 2.24) is 20.2 Å². The van der Waals surface area contributed by atoms with Gasteiger partial charge in [0, 0.05) is 32.4 Å². The van der Waals surface area contributed by atoms with Crippen LogP contribution in [0.5, 0.6) is 0 Å². The maximum Gasteiger partial charge on any atom is 0.424 e. The van der Waals surface area contributed by atoms with Crippen molar-refractivity contribution in [2.24, 2.45) is 7.05 Å². The molecule has 0 bridgehead atoms. The first-order valence-electron chi connectivity index (χ1n) is 8.01. The first kappa shape index (κ1) is 19.8. The van der Waals surface area contributed by atoms with Crippen LogP contribution >= 0.6 is 0 Å². The number of rotatable bonds is 6. The van der Waals surface area contributed by atoms with Crippen LogP contribution in [0.15, 0.2) is 42.7 Å². The molecule has 26 heavy (non-hydrogen) atoms. The van der Waals surface area contributed by atoms with Crippen LogP contribution < -0.4 is 10.6 Å². The number of carbonyl (C=O) groups is 1. The Labute approximate surface area is 149 Å². The molecule has 0 saturated heterocycles. The molecular weight excluding hydrogens is 349 g/mol. The van der Waals surface area contributed by atoms with E-state index in [2.05, 4.69) is 15.6 Å². The number of carbonyl (C=O) groups excluding carboxylic acids is 1. The second kappa shape index (κ2) is 7.77. The number of urea groups is 1. The highest BCUT2D eigenvalue weighted by molar-refractivity contribution is 5.74. The molecule has 1 heterocycles. The summed E-state index contributed by atoms with van der Waals surface area (Å²) in [6, 6.07) is 8.20. The van der Waals surface area contributed by atoms with E-state index in [4.69, 9.17) is 0 Å². The van der Waals surface area contributed by atoms with E-state index in [9.17, 15) is 23.1 Å². The summed E-state index contributed by atoms with van der Waals surface area (Å²) in [5.74, 6) is -0.523. The van der Waals surface area contributed by atoms with Gasteiger partial charge in [0.1, 0.15) is 5.82 Å². The van der Waals surface area contributed by atoms with Gasteiger partial charge in [0.05, 0.1) is 6.04 Å². The number of imidazole rings is 1. The molecule has 2 aromatic rings. The minimum Gasteiger partial charge on any atom is -0.374 e. The van der Waals surface area contributed by atoms with Crippen molar-refractivity contribution >= 4 is 6.03 Å². The van der Waals surface area contributed by atoms with Gasteiger partial charge in [-0.15, -0.1) is 0 Å². The van der Waals surface area contributed by atoms with Crippen LogP contribution in [-0.2, 0) is 12.6 Å². The third kappa shape index (κ3) is 4.34. The Morgan fingerprint density at radius 1 is 1.31 bits per heavy atom. The van der Waals surface area contributed by atoms with E-state index in [0.717, 1.165) is 10.1 Å². The largest absolute Gasteiger partial charge is 0.424 e. The van der Waals surface area contributed by atoms with Crippen LogP contribution in [-0.4, -0.2) is 33.4 Å². The van der Waals surface area contributed by atoms with Crippen molar-refractivity contribution in [2.75, 3.05) is 6.54 Å². The number of aryl methyl sites for hydroxylation is 1. The molecule has 0 aliphatic carbocycles. The third-order valence-electron chi connectivity index (χ3n) is 4.08. The van der Waals surface area contributed by atoms with Gasteiger partial charge in [0.25, 0.3) is 0 Å². The molecule has 0 aliphatic heterocycles. The minimum absolute atomic E-state index is 0.313. The maximum absolute atomic E-state index is 13.4. The number of hydrogen-bond acceptors (Lipinski definition) is 3. The number of aromatic nitrogens is 2. The van der Waals surface area contributed by atoms with E-state index in [-0.39, 0.29) is 12.6 Å². The lowest BCUT2D eigenvalue weighted by atomic mass is 9.97. The van der Waals surface area contributed by atoms with E-state index in [0.29, 0.717) is 0 Å². The lowest BCUT2D eigenvalue weighted by molar-refractivity contribution is -0.272. The summed E-state index contributed by atoms with van der Waals surface area (Å²) in [7, 11) is 1.36. The number of halogens is 3. The molecular formula is C17H21F3N4O2. The molecule has 9 heteroatoms. The van der Waals surface area contributed by atoms with Gasteiger partial charge < -0.3 is 20.3 Å². The number of alkyl halides is 3. The van der Waals surface area contributed by atoms with Gasteiger partial charge in [0.15, 0.2) is 0 Å². The summed E-state index contributed by atoms with van der Waals surface area (Å²) in [6.45, 7) is 1.38. The third-order valence-corrected chi connectivity index (χ3v) is 4.08. The number of hydrogen-bond donors (Lipinski definition) is 3. The van der Waals surface area contributed by atoms with Crippen molar-refractivity contribution in [3.05, 3.63) is 54.1 Å². The van der Waals surface area contributed by atoms with E-state index in [1.165, 1.54) is 19.4 Å². The SMILES string of the molecule is CC(NC(=O)NCCC(O)(c1nccn1C)C(F)(F)F)c1ccccc1. The zero-order chi connectivity index (χ0) is 19.4. The van der Waals surface area contributed by atoms with E-state index in [1.807, 2.05) is 30.3 Å². The first-order valence-corrected chi connectivity index (χ1v) is 8.01. The summed E-state index contributed by atoms with van der Waals surface area (Å²) in [6.07, 6.45) is -3.20. The highest BCUT2D eigenvalue weighted by Gasteiger charge is 2.57. The van der Waals surface area contributed by atoms with E-state index < -0.39 is 30.1 Å². The smallest absolute Gasteiger partial charge is 0.374 e. The van der Waals surface area contributed by atoms with Crippen molar-refractivity contribution in [1.29, 1.82) is 0 Å². The summed E-state index contributed by atoms with van der Waals surface area (Å²) in [5.41, 5.74) is -2.29. The Morgan fingerprint density at radius 2 is 1.96 bits per heavy atom. The van der Waals surface area contributed by atoms with Gasteiger partial charge in [-0.25, -0.2) is 9.78 Å². The molecule has 3 N–H and O–H groups in total. The molecule has 1 aromatic carbocycles. The van der Waals surface area contributed by atoms with Gasteiger partial charge in [-0.05, 0) is 12.5 Å². The number of benzene rings is 1. The van der Waals surface area contributed by atoms with Crippen molar-refractivity contribution in [3.8, 4) is 0 Å². The Balaban J connectivity index is 1.96. The standard InChI is InChI=1S/C17H21F3N4O2/c1-12(13-6-4-3-5-7-13)23-15(25)22-9-8-16(26,17(18,19)20)14-21-10-11-24(14)2/h3-7,10-12,26H,8-9H2,1-2H3,(H2,22,23,25). The summed E-state index contributed by atoms with van der Waals surface area (Å²) < 4.78 is 41.2. The minimum atomic E-state index is -4.93. The van der Waals surface area contributed by atoms with Crippen LogP contribution in [0, 0.1) is 0 Å². The van der Waals surface area contributed by atoms with Gasteiger partial charge in [-0.3, -0.25) is 0 Å². The van der Waals surface area contributed by atoms with Gasteiger partial charge in [-0.2, -0.15) is 13.2 Å². The number of aliphatic hydroxyl groups is 1. The highest BCUT2D eigenvalue weighted by atomic mass is 19.4. The highest BCUT2D eigenvalue weighted by Crippen LogP contribution is 2.40. The molecule has 0 saturated carbocycles. The van der Waals surface area contributed by atoms with Crippen LogP contribution in [0.1, 0.15) is 30.8 Å². The van der Waals surface area contributed by atoms with Crippen LogP contribution in [0.25, 0.3) is 0 Å². The predicted molar refractivity (Wildman–Crippen MR) is 89.2 cm³/mol. The lowest BCUT2D eigenvalue weighted by Gasteiger charge is -2.30. The zero-order valence-electron chi connectivity index (χ0n) is 14.4. The fourth-order valence-corrected chi connectivity index (χ4v) is 2.57. The normalized spacial score (nSPS) is 15.2. The first-order chi connectivity index (χ1) is 12.1. The predicted octanol–water partition coefficient (Wildman–Crippen LogP) is 2.62. The van der Waals surface area contributed by atoms with Crippen molar-refractivity contribution in [2.45, 2.75) is 31.2 Å². The Hall–Kier alpha value is -2.55. The fraction of sp³-hybridized carbons (Fsp3) is 0.412. The molecule has 142 valence electrons. The Kier molecular flexibility index (Phi) is 5.91. The topological polar surface area (TPSA) is 79.2 Å². The molecule has 2 atom stereocenters. The average Bonchev–Trinajstić information content (AvgIpc) is 3.01. The summed E-state index contributed by atoms with van der Waals surface area (Å²) in [5, 5.41) is 15.2. The van der Waals surface area contributed by atoms with Crippen LogP contribution in [0.3, 0.4) is 0 Å². The summed E-state index contributed by atoms with van der Waals surface area (Å²) in [4.78, 5) is 15.5. The molecule has 0 fully saturated rings. The monoisotopic (exact) mass is 370 g/mol. The average molecular weight is 370 g/mol. The Bertz CT molecular complexity index is 733. The summed E-state index contributed by atoms with van der Waals surface area (Å²) >= 11 is 0. The van der Waals surface area contributed by atoms with E-state index in [1.54, 1.807) is 6.92 Å².